The minimum Gasteiger partial charge on any atom is -0.310 e. The molecule has 1 aliphatic rings. The zero-order chi connectivity index (χ0) is 21.9. The smallest absolute Gasteiger partial charge is 0.150 e. The second kappa shape index (κ2) is 6.80. The Morgan fingerprint density at radius 3 is 2.19 bits per heavy atom. The summed E-state index contributed by atoms with van der Waals surface area (Å²) in [7, 11) is 0. The zero-order valence-corrected chi connectivity index (χ0v) is 18.2. The lowest BCUT2D eigenvalue weighted by Crippen LogP contribution is -2.31. The minimum absolute atomic E-state index is 0.252. The summed E-state index contributed by atoms with van der Waals surface area (Å²) in [5, 5.41) is 4.92. The average Bonchev–Trinajstić information content (AvgIpc) is 2.83. The third kappa shape index (κ3) is 2.63. The van der Waals surface area contributed by atoms with Crippen LogP contribution in [-0.2, 0) is 5.41 Å². The molecule has 0 N–H and O–H groups in total. The van der Waals surface area contributed by atoms with E-state index in [0.29, 0.717) is 5.56 Å². The van der Waals surface area contributed by atoms with Crippen molar-refractivity contribution in [3.8, 4) is 0 Å². The van der Waals surface area contributed by atoms with E-state index in [9.17, 15) is 4.79 Å². The van der Waals surface area contributed by atoms with E-state index in [2.05, 4.69) is 110 Å². The largest absolute Gasteiger partial charge is 0.310 e. The summed E-state index contributed by atoms with van der Waals surface area (Å²) in [6, 6.07) is 34.2. The summed E-state index contributed by atoms with van der Waals surface area (Å²) in [6.45, 7) is 4.53. The molecule has 0 atom stereocenters. The van der Waals surface area contributed by atoms with Crippen LogP contribution in [0.2, 0.25) is 0 Å². The van der Waals surface area contributed by atoms with E-state index in [4.69, 9.17) is 0 Å². The molecule has 5 aromatic rings. The van der Waals surface area contributed by atoms with Gasteiger partial charge in [0.05, 0.1) is 11.4 Å². The molecule has 0 aromatic heterocycles. The fourth-order valence-corrected chi connectivity index (χ4v) is 5.28. The van der Waals surface area contributed by atoms with Gasteiger partial charge in [-0.1, -0.05) is 74.5 Å². The molecule has 0 amide bonds. The number of anilines is 3. The second-order valence-corrected chi connectivity index (χ2v) is 9.07. The van der Waals surface area contributed by atoms with E-state index in [1.165, 1.54) is 38.4 Å². The van der Waals surface area contributed by atoms with Gasteiger partial charge in [0.25, 0.3) is 0 Å². The third-order valence-corrected chi connectivity index (χ3v) is 6.84. The van der Waals surface area contributed by atoms with E-state index in [0.717, 1.165) is 17.7 Å². The van der Waals surface area contributed by atoms with Gasteiger partial charge < -0.3 is 4.90 Å². The Labute approximate surface area is 187 Å². The highest BCUT2D eigenvalue weighted by Gasteiger charge is 2.38. The Bertz CT molecular complexity index is 1530. The summed E-state index contributed by atoms with van der Waals surface area (Å²) in [4.78, 5) is 14.0. The summed E-state index contributed by atoms with van der Waals surface area (Å²) < 4.78 is 0. The molecule has 32 heavy (non-hydrogen) atoms. The van der Waals surface area contributed by atoms with Gasteiger partial charge in [0.15, 0.2) is 0 Å². The number of nitrogens with zero attached hydrogens (tertiary/aromatic N) is 1. The van der Waals surface area contributed by atoms with Gasteiger partial charge in [0.1, 0.15) is 6.29 Å². The van der Waals surface area contributed by atoms with Crippen molar-refractivity contribution >= 4 is 44.9 Å². The van der Waals surface area contributed by atoms with E-state index >= 15 is 0 Å². The van der Waals surface area contributed by atoms with Crippen LogP contribution < -0.4 is 4.90 Å². The summed E-state index contributed by atoms with van der Waals surface area (Å²) in [5.41, 5.74) is 6.35. The number of aldehydes is 1. The predicted molar refractivity (Wildman–Crippen MR) is 134 cm³/mol. The molecule has 2 nitrogen and oxygen atoms in total. The van der Waals surface area contributed by atoms with Crippen molar-refractivity contribution in [1.82, 2.24) is 0 Å². The van der Waals surface area contributed by atoms with Gasteiger partial charge in [-0.25, -0.2) is 0 Å². The van der Waals surface area contributed by atoms with Crippen LogP contribution in [0.4, 0.5) is 17.1 Å². The number of benzene rings is 5. The maximum Gasteiger partial charge on any atom is 0.150 e. The third-order valence-electron chi connectivity index (χ3n) is 6.84. The Hall–Kier alpha value is -3.91. The molecule has 0 aliphatic carbocycles. The highest BCUT2D eigenvalue weighted by atomic mass is 16.1. The maximum atomic E-state index is 11.6. The summed E-state index contributed by atoms with van der Waals surface area (Å²) in [5.74, 6) is 0. The van der Waals surface area contributed by atoms with Gasteiger partial charge in [-0.05, 0) is 69.1 Å². The molecule has 1 heterocycles. The first-order valence-electron chi connectivity index (χ1n) is 11.0. The maximum absolute atomic E-state index is 11.6. The molecule has 0 saturated carbocycles. The molecule has 0 radical (unpaired) electrons. The zero-order valence-electron chi connectivity index (χ0n) is 18.2. The number of hydrogen-bond donors (Lipinski definition) is 0. The predicted octanol–water partition coefficient (Wildman–Crippen LogP) is 7.91. The molecular formula is C30H23NO. The summed E-state index contributed by atoms with van der Waals surface area (Å²) >= 11 is 0. The van der Waals surface area contributed by atoms with Crippen molar-refractivity contribution in [2.75, 3.05) is 4.90 Å². The fourth-order valence-electron chi connectivity index (χ4n) is 5.28. The summed E-state index contributed by atoms with van der Waals surface area (Å²) in [6.07, 6.45) is 0.940. The molecule has 0 spiro atoms. The Morgan fingerprint density at radius 1 is 0.688 bits per heavy atom. The first-order valence-corrected chi connectivity index (χ1v) is 11.0. The van der Waals surface area contributed by atoms with Gasteiger partial charge in [-0.3, -0.25) is 4.79 Å². The monoisotopic (exact) mass is 413 g/mol. The molecule has 0 bridgehead atoms. The highest BCUT2D eigenvalue weighted by Crippen LogP contribution is 2.54. The molecule has 2 heteroatoms. The number of carbonyl (C=O) groups is 1. The highest BCUT2D eigenvalue weighted by molar-refractivity contribution is 5.99. The van der Waals surface area contributed by atoms with Crippen LogP contribution in [0.25, 0.3) is 21.5 Å². The number of carbonyl (C=O) groups excluding carboxylic acids is 1. The van der Waals surface area contributed by atoms with Crippen molar-refractivity contribution in [3.63, 3.8) is 0 Å². The molecule has 0 fully saturated rings. The van der Waals surface area contributed by atoms with Crippen molar-refractivity contribution in [2.24, 2.45) is 0 Å². The molecule has 1 aliphatic heterocycles. The van der Waals surface area contributed by atoms with Gasteiger partial charge >= 0.3 is 0 Å². The normalized spacial score (nSPS) is 14.2. The van der Waals surface area contributed by atoms with Crippen LogP contribution in [0.15, 0.2) is 97.1 Å². The van der Waals surface area contributed by atoms with Crippen LogP contribution >= 0.6 is 0 Å². The van der Waals surface area contributed by atoms with Crippen molar-refractivity contribution in [3.05, 3.63) is 114 Å². The molecule has 6 rings (SSSR count). The molecule has 5 aromatic carbocycles. The first kappa shape index (κ1) is 18.8. The lowest BCUT2D eigenvalue weighted by Gasteiger charge is -2.43. The molecule has 0 unspecified atom stereocenters. The molecule has 0 saturated heterocycles. The Morgan fingerprint density at radius 2 is 1.38 bits per heavy atom. The Balaban J connectivity index is 1.72. The van der Waals surface area contributed by atoms with Gasteiger partial charge in [-0.15, -0.1) is 0 Å². The minimum atomic E-state index is -0.252. The van der Waals surface area contributed by atoms with Crippen LogP contribution in [0.1, 0.15) is 35.3 Å². The first-order chi connectivity index (χ1) is 15.6. The second-order valence-electron chi connectivity index (χ2n) is 9.07. The van der Waals surface area contributed by atoms with E-state index in [-0.39, 0.29) is 5.41 Å². The standard InChI is InChI=1S/C30H23NO/c1-30(2)26-17-20(19-32)11-15-27(26)31(24-14-12-21-7-3-4-9-23(21)18-24)28-16-13-22-8-5-6-10-25(22)29(28)30/h3-19H,1-2H3. The van der Waals surface area contributed by atoms with Crippen LogP contribution in [0, 0.1) is 0 Å². The van der Waals surface area contributed by atoms with Gasteiger partial charge in [-0.2, -0.15) is 0 Å². The van der Waals surface area contributed by atoms with Gasteiger partial charge in [0, 0.05) is 16.7 Å². The number of fused-ring (bicyclic) bond motifs is 5. The van der Waals surface area contributed by atoms with Crippen molar-refractivity contribution < 1.29 is 4.79 Å². The van der Waals surface area contributed by atoms with E-state index in [1.54, 1.807) is 0 Å². The van der Waals surface area contributed by atoms with E-state index in [1.807, 2.05) is 6.07 Å². The lowest BCUT2D eigenvalue weighted by atomic mass is 9.71. The van der Waals surface area contributed by atoms with Crippen LogP contribution in [0.5, 0.6) is 0 Å². The van der Waals surface area contributed by atoms with Crippen LogP contribution in [0.3, 0.4) is 0 Å². The SMILES string of the molecule is CC1(C)c2cc(C=O)ccc2N(c2ccc3ccccc3c2)c2ccc3ccccc3c21. The lowest BCUT2D eigenvalue weighted by molar-refractivity contribution is 0.112. The molecule has 154 valence electrons. The Kier molecular flexibility index (Phi) is 4.00. The fraction of sp³-hybridized carbons (Fsp3) is 0.100. The topological polar surface area (TPSA) is 20.3 Å². The quantitative estimate of drug-likeness (QED) is 0.274. The molecular weight excluding hydrogens is 390 g/mol. The van der Waals surface area contributed by atoms with Crippen molar-refractivity contribution in [1.29, 1.82) is 0 Å². The number of rotatable bonds is 2. The van der Waals surface area contributed by atoms with Crippen molar-refractivity contribution in [2.45, 2.75) is 19.3 Å². The average molecular weight is 414 g/mol. The number of hydrogen-bond acceptors (Lipinski definition) is 2. The van der Waals surface area contributed by atoms with Crippen LogP contribution in [-0.4, -0.2) is 6.29 Å². The van der Waals surface area contributed by atoms with E-state index < -0.39 is 0 Å². The van der Waals surface area contributed by atoms with Gasteiger partial charge in [0.2, 0.25) is 0 Å².